The molecule has 0 aromatic carbocycles. The predicted octanol–water partition coefficient (Wildman–Crippen LogP) is -0.598. The maximum absolute atomic E-state index is 11.5. The molecule has 0 bridgehead atoms. The quantitative estimate of drug-likeness (QED) is 0.676. The zero-order valence-corrected chi connectivity index (χ0v) is 9.47. The molecule has 1 N–H and O–H groups in total. The number of sulfonamides is 1. The van der Waals surface area contributed by atoms with E-state index in [-0.39, 0.29) is 11.8 Å². The number of nitrogens with one attached hydrogen (secondary N) is 1. The fraction of sp³-hybridized carbons (Fsp3) is 0.875. The normalized spacial score (nSPS) is 25.1. The Labute approximate surface area is 84.5 Å². The second kappa shape index (κ2) is 3.86. The minimum atomic E-state index is -3.28. The Morgan fingerprint density at radius 1 is 1.50 bits per heavy atom. The molecule has 1 aliphatic heterocycles. The van der Waals surface area contributed by atoms with Gasteiger partial charge in [-0.1, -0.05) is 13.8 Å². The molecule has 82 valence electrons. The van der Waals surface area contributed by atoms with Crippen LogP contribution in [0.5, 0.6) is 0 Å². The van der Waals surface area contributed by atoms with Gasteiger partial charge in [0.05, 0.1) is 6.26 Å². The van der Waals surface area contributed by atoms with Crippen molar-refractivity contribution in [1.82, 2.24) is 9.62 Å². The molecule has 0 aliphatic carbocycles. The molecular formula is C8H16N2O3S. The van der Waals surface area contributed by atoms with Crippen LogP contribution in [0.4, 0.5) is 0 Å². The Kier molecular flexibility index (Phi) is 3.16. The highest BCUT2D eigenvalue weighted by molar-refractivity contribution is 7.88. The lowest BCUT2D eigenvalue weighted by molar-refractivity contribution is -0.128. The molecule has 1 rings (SSSR count). The van der Waals surface area contributed by atoms with Crippen LogP contribution in [0, 0.1) is 5.92 Å². The lowest BCUT2D eigenvalue weighted by Crippen LogP contribution is -2.58. The van der Waals surface area contributed by atoms with Crippen LogP contribution in [0.25, 0.3) is 0 Å². The van der Waals surface area contributed by atoms with Gasteiger partial charge in [-0.3, -0.25) is 4.79 Å². The summed E-state index contributed by atoms with van der Waals surface area (Å²) in [7, 11) is -3.28. The van der Waals surface area contributed by atoms with E-state index in [1.54, 1.807) is 0 Å². The monoisotopic (exact) mass is 220 g/mol. The third-order valence-corrected chi connectivity index (χ3v) is 3.53. The van der Waals surface area contributed by atoms with Gasteiger partial charge in [0, 0.05) is 13.1 Å². The van der Waals surface area contributed by atoms with Crippen molar-refractivity contribution >= 4 is 15.9 Å². The minimum Gasteiger partial charge on any atom is -0.353 e. The van der Waals surface area contributed by atoms with Crippen LogP contribution in [0.3, 0.4) is 0 Å². The summed E-state index contributed by atoms with van der Waals surface area (Å²) in [5.74, 6) is -0.207. The van der Waals surface area contributed by atoms with Crippen LogP contribution in [-0.4, -0.2) is 44.0 Å². The summed E-state index contributed by atoms with van der Waals surface area (Å²) < 4.78 is 24.1. The molecule has 1 unspecified atom stereocenters. The zero-order chi connectivity index (χ0) is 10.9. The molecule has 1 fully saturated rings. The first kappa shape index (κ1) is 11.5. The van der Waals surface area contributed by atoms with Gasteiger partial charge in [-0.25, -0.2) is 8.42 Å². The van der Waals surface area contributed by atoms with Gasteiger partial charge >= 0.3 is 0 Å². The number of piperazine rings is 1. The fourth-order valence-corrected chi connectivity index (χ4v) is 2.85. The molecule has 0 aromatic rings. The highest BCUT2D eigenvalue weighted by Gasteiger charge is 2.37. The Morgan fingerprint density at radius 3 is 2.43 bits per heavy atom. The van der Waals surface area contributed by atoms with E-state index in [0.717, 1.165) is 6.26 Å². The molecule has 0 saturated carbocycles. The summed E-state index contributed by atoms with van der Waals surface area (Å²) in [4.78, 5) is 11.5. The van der Waals surface area contributed by atoms with Crippen LogP contribution < -0.4 is 5.32 Å². The van der Waals surface area contributed by atoms with E-state index >= 15 is 0 Å². The average Bonchev–Trinajstić information content (AvgIpc) is 2.01. The Balaban J connectivity index is 2.97. The molecule has 0 radical (unpaired) electrons. The minimum absolute atomic E-state index is 0.00924. The molecule has 1 heterocycles. The summed E-state index contributed by atoms with van der Waals surface area (Å²) in [6.45, 7) is 4.45. The Morgan fingerprint density at radius 2 is 2.07 bits per heavy atom. The molecule has 1 saturated heterocycles. The van der Waals surface area contributed by atoms with E-state index in [0.29, 0.717) is 13.1 Å². The SMILES string of the molecule is CC(C)C1C(=O)NCCN1S(C)(=O)=O. The Bertz CT molecular complexity index is 323. The van der Waals surface area contributed by atoms with E-state index in [2.05, 4.69) is 5.32 Å². The fourth-order valence-electron chi connectivity index (χ4n) is 1.67. The number of carbonyl (C=O) groups excluding carboxylic acids is 1. The van der Waals surface area contributed by atoms with Crippen molar-refractivity contribution in [3.05, 3.63) is 0 Å². The van der Waals surface area contributed by atoms with E-state index in [4.69, 9.17) is 0 Å². The molecule has 1 amide bonds. The second-order valence-corrected chi connectivity index (χ2v) is 5.79. The van der Waals surface area contributed by atoms with Gasteiger partial charge in [0.1, 0.15) is 6.04 Å². The first-order valence-corrected chi connectivity index (χ1v) is 6.43. The van der Waals surface area contributed by atoms with Crippen molar-refractivity contribution in [2.45, 2.75) is 19.9 Å². The van der Waals surface area contributed by atoms with E-state index in [9.17, 15) is 13.2 Å². The first-order valence-electron chi connectivity index (χ1n) is 4.58. The summed E-state index contributed by atoms with van der Waals surface area (Å²) in [6.07, 6.45) is 1.14. The van der Waals surface area contributed by atoms with Crippen LogP contribution >= 0.6 is 0 Å². The zero-order valence-electron chi connectivity index (χ0n) is 8.65. The molecule has 0 spiro atoms. The van der Waals surface area contributed by atoms with Gasteiger partial charge < -0.3 is 5.32 Å². The smallest absolute Gasteiger partial charge is 0.238 e. The molecule has 1 aliphatic rings. The van der Waals surface area contributed by atoms with Crippen LogP contribution in [0.1, 0.15) is 13.8 Å². The molecule has 0 aromatic heterocycles. The van der Waals surface area contributed by atoms with Crippen LogP contribution in [-0.2, 0) is 14.8 Å². The maximum Gasteiger partial charge on any atom is 0.238 e. The van der Waals surface area contributed by atoms with Gasteiger partial charge in [0.25, 0.3) is 0 Å². The van der Waals surface area contributed by atoms with Crippen molar-refractivity contribution in [1.29, 1.82) is 0 Å². The van der Waals surface area contributed by atoms with E-state index in [1.807, 2.05) is 13.8 Å². The number of hydrogen-bond donors (Lipinski definition) is 1. The standard InChI is InChI=1S/C8H16N2O3S/c1-6(2)7-8(11)9-4-5-10(7)14(3,12)13/h6-7H,4-5H2,1-3H3,(H,9,11). The van der Waals surface area contributed by atoms with Gasteiger partial charge in [-0.05, 0) is 5.92 Å². The van der Waals surface area contributed by atoms with Crippen molar-refractivity contribution < 1.29 is 13.2 Å². The number of hydrogen-bond acceptors (Lipinski definition) is 3. The van der Waals surface area contributed by atoms with Crippen molar-refractivity contribution in [3.8, 4) is 0 Å². The summed E-state index contributed by atoms with van der Waals surface area (Å²) in [5, 5.41) is 2.67. The number of amides is 1. The highest BCUT2D eigenvalue weighted by atomic mass is 32.2. The summed E-state index contributed by atoms with van der Waals surface area (Å²) in [6, 6.07) is -0.557. The van der Waals surface area contributed by atoms with E-state index in [1.165, 1.54) is 4.31 Å². The Hall–Kier alpha value is -0.620. The van der Waals surface area contributed by atoms with Crippen molar-refractivity contribution in [2.24, 2.45) is 5.92 Å². The van der Waals surface area contributed by atoms with Crippen LogP contribution in [0.2, 0.25) is 0 Å². The predicted molar refractivity (Wildman–Crippen MR) is 53.2 cm³/mol. The summed E-state index contributed by atoms with van der Waals surface area (Å²) in [5.41, 5.74) is 0. The first-order chi connectivity index (χ1) is 6.34. The number of carbonyl (C=O) groups is 1. The van der Waals surface area contributed by atoms with E-state index < -0.39 is 16.1 Å². The number of rotatable bonds is 2. The third-order valence-electron chi connectivity index (χ3n) is 2.27. The maximum atomic E-state index is 11.5. The lowest BCUT2D eigenvalue weighted by Gasteiger charge is -2.35. The lowest BCUT2D eigenvalue weighted by atomic mass is 10.0. The molecule has 14 heavy (non-hydrogen) atoms. The third kappa shape index (κ3) is 2.24. The van der Waals surface area contributed by atoms with Crippen molar-refractivity contribution in [3.63, 3.8) is 0 Å². The molecule has 5 nitrogen and oxygen atoms in total. The van der Waals surface area contributed by atoms with Crippen LogP contribution in [0.15, 0.2) is 0 Å². The highest BCUT2D eigenvalue weighted by Crippen LogP contribution is 2.16. The molecule has 1 atom stereocenters. The van der Waals surface area contributed by atoms with Gasteiger partial charge in [0.15, 0.2) is 0 Å². The van der Waals surface area contributed by atoms with Gasteiger partial charge in [-0.15, -0.1) is 0 Å². The van der Waals surface area contributed by atoms with Gasteiger partial charge in [0.2, 0.25) is 15.9 Å². The molecule has 6 heteroatoms. The topological polar surface area (TPSA) is 66.5 Å². The number of nitrogens with zero attached hydrogens (tertiary/aromatic N) is 1. The second-order valence-electron chi connectivity index (χ2n) is 3.85. The van der Waals surface area contributed by atoms with Gasteiger partial charge in [-0.2, -0.15) is 4.31 Å². The van der Waals surface area contributed by atoms with Crippen molar-refractivity contribution in [2.75, 3.05) is 19.3 Å². The average molecular weight is 220 g/mol. The summed E-state index contributed by atoms with van der Waals surface area (Å²) >= 11 is 0. The molecular weight excluding hydrogens is 204 g/mol. The largest absolute Gasteiger partial charge is 0.353 e.